The fourth-order valence-electron chi connectivity index (χ4n) is 2.25. The highest BCUT2D eigenvalue weighted by Crippen LogP contribution is 2.37. The Morgan fingerprint density at radius 2 is 2.13 bits per heavy atom. The van der Waals surface area contributed by atoms with Crippen molar-refractivity contribution in [2.45, 2.75) is 26.2 Å². The first-order valence-electron chi connectivity index (χ1n) is 5.25. The van der Waals surface area contributed by atoms with Crippen LogP contribution in [0.5, 0.6) is 0 Å². The molecule has 0 spiro atoms. The Hall–Kier alpha value is -1.35. The molecule has 0 radical (unpaired) electrons. The number of rotatable bonds is 2. The molecule has 1 unspecified atom stereocenters. The number of benzene rings is 1. The van der Waals surface area contributed by atoms with Gasteiger partial charge in [-0.25, -0.2) is 0 Å². The quantitative estimate of drug-likeness (QED) is 0.770. The molecule has 0 saturated heterocycles. The van der Waals surface area contributed by atoms with Gasteiger partial charge in [-0.15, -0.1) is 0 Å². The van der Waals surface area contributed by atoms with E-state index >= 15 is 0 Å². The minimum absolute atomic E-state index is 0.0522. The van der Waals surface area contributed by atoms with Gasteiger partial charge in [-0.2, -0.15) is 0 Å². The van der Waals surface area contributed by atoms with Crippen molar-refractivity contribution >= 4 is 11.6 Å². The molecule has 1 aromatic rings. The van der Waals surface area contributed by atoms with Crippen molar-refractivity contribution in [1.29, 1.82) is 0 Å². The van der Waals surface area contributed by atoms with Crippen LogP contribution >= 0.6 is 0 Å². The standard InChI is InChI=1S/C12H16N2O/c1-7-5-8(2)11-10(6-7)9(3-4-13)12(15)14-11/h5-6,9H,3-4,13H2,1-2H3,(H,14,15). The van der Waals surface area contributed by atoms with E-state index in [0.29, 0.717) is 6.54 Å². The van der Waals surface area contributed by atoms with Crippen molar-refractivity contribution < 1.29 is 4.79 Å². The maximum atomic E-state index is 11.7. The third-order valence-corrected chi connectivity index (χ3v) is 2.91. The summed E-state index contributed by atoms with van der Waals surface area (Å²) in [6.07, 6.45) is 0.724. The first kappa shape index (κ1) is 10.2. The number of nitrogens with one attached hydrogen (secondary N) is 1. The van der Waals surface area contributed by atoms with Gasteiger partial charge in [0.2, 0.25) is 5.91 Å². The zero-order valence-electron chi connectivity index (χ0n) is 9.13. The van der Waals surface area contributed by atoms with Crippen LogP contribution in [0.2, 0.25) is 0 Å². The van der Waals surface area contributed by atoms with Crippen molar-refractivity contribution in [3.63, 3.8) is 0 Å². The number of nitrogens with two attached hydrogens (primary N) is 1. The fraction of sp³-hybridized carbons (Fsp3) is 0.417. The Morgan fingerprint density at radius 1 is 1.40 bits per heavy atom. The molecule has 0 fully saturated rings. The summed E-state index contributed by atoms with van der Waals surface area (Å²) in [6.45, 7) is 4.62. The number of fused-ring (bicyclic) bond motifs is 1. The molecular formula is C12H16N2O. The van der Waals surface area contributed by atoms with Crippen molar-refractivity contribution in [1.82, 2.24) is 0 Å². The summed E-state index contributed by atoms with van der Waals surface area (Å²) < 4.78 is 0. The van der Waals surface area contributed by atoms with Crippen LogP contribution < -0.4 is 11.1 Å². The summed E-state index contributed by atoms with van der Waals surface area (Å²) in [5, 5.41) is 2.93. The molecule has 3 nitrogen and oxygen atoms in total. The molecule has 1 atom stereocenters. The lowest BCUT2D eigenvalue weighted by molar-refractivity contribution is -0.117. The Balaban J connectivity index is 2.48. The van der Waals surface area contributed by atoms with Crippen LogP contribution in [0.25, 0.3) is 0 Å². The predicted molar refractivity (Wildman–Crippen MR) is 61.0 cm³/mol. The van der Waals surface area contributed by atoms with Gasteiger partial charge in [-0.3, -0.25) is 4.79 Å². The van der Waals surface area contributed by atoms with Gasteiger partial charge in [0.25, 0.3) is 0 Å². The van der Waals surface area contributed by atoms with Crippen molar-refractivity contribution in [3.8, 4) is 0 Å². The second-order valence-corrected chi connectivity index (χ2v) is 4.17. The highest BCUT2D eigenvalue weighted by Gasteiger charge is 2.30. The lowest BCUT2D eigenvalue weighted by atomic mass is 9.94. The van der Waals surface area contributed by atoms with E-state index in [2.05, 4.69) is 24.4 Å². The molecular weight excluding hydrogens is 188 g/mol. The van der Waals surface area contributed by atoms with E-state index in [9.17, 15) is 4.79 Å². The molecule has 1 amide bonds. The van der Waals surface area contributed by atoms with Gasteiger partial charge >= 0.3 is 0 Å². The number of aryl methyl sites for hydroxylation is 2. The molecule has 1 aliphatic heterocycles. The average molecular weight is 204 g/mol. The van der Waals surface area contributed by atoms with Gasteiger partial charge in [-0.05, 0) is 37.9 Å². The third kappa shape index (κ3) is 1.63. The first-order chi connectivity index (χ1) is 7.13. The summed E-state index contributed by atoms with van der Waals surface area (Å²) in [5.74, 6) is 0.0350. The van der Waals surface area contributed by atoms with Gasteiger partial charge in [0.1, 0.15) is 0 Å². The van der Waals surface area contributed by atoms with Crippen LogP contribution in [0.4, 0.5) is 5.69 Å². The Labute approximate surface area is 89.7 Å². The number of amides is 1. The van der Waals surface area contributed by atoms with E-state index in [1.165, 1.54) is 5.56 Å². The lowest BCUT2D eigenvalue weighted by Crippen LogP contribution is -2.15. The molecule has 3 heteroatoms. The van der Waals surface area contributed by atoms with E-state index in [1.54, 1.807) is 0 Å². The minimum Gasteiger partial charge on any atom is -0.330 e. The van der Waals surface area contributed by atoms with Gasteiger partial charge in [0.15, 0.2) is 0 Å². The second-order valence-electron chi connectivity index (χ2n) is 4.17. The van der Waals surface area contributed by atoms with Crippen LogP contribution in [0.1, 0.15) is 29.0 Å². The Kier molecular flexibility index (Phi) is 2.49. The maximum Gasteiger partial charge on any atom is 0.232 e. The van der Waals surface area contributed by atoms with E-state index in [1.807, 2.05) is 6.92 Å². The van der Waals surface area contributed by atoms with Crippen LogP contribution in [0.15, 0.2) is 12.1 Å². The molecule has 1 aromatic carbocycles. The summed E-state index contributed by atoms with van der Waals surface area (Å²) in [5.41, 5.74) is 9.96. The number of anilines is 1. The second kappa shape index (κ2) is 3.66. The SMILES string of the molecule is Cc1cc(C)c2c(c1)C(CCN)C(=O)N2. The smallest absolute Gasteiger partial charge is 0.232 e. The normalized spacial score (nSPS) is 18.9. The van der Waals surface area contributed by atoms with Gasteiger partial charge in [-0.1, -0.05) is 17.7 Å². The molecule has 1 aliphatic rings. The molecule has 0 aromatic heterocycles. The molecule has 0 saturated carbocycles. The molecule has 2 rings (SSSR count). The van der Waals surface area contributed by atoms with Crippen LogP contribution in [-0.2, 0) is 4.79 Å². The molecule has 15 heavy (non-hydrogen) atoms. The van der Waals surface area contributed by atoms with Gasteiger partial charge in [0, 0.05) is 5.69 Å². The number of hydrogen-bond acceptors (Lipinski definition) is 2. The minimum atomic E-state index is -0.0522. The average Bonchev–Trinajstić information content (AvgIpc) is 2.46. The van der Waals surface area contributed by atoms with Crippen LogP contribution in [0.3, 0.4) is 0 Å². The number of carbonyl (C=O) groups excluding carboxylic acids is 1. The largest absolute Gasteiger partial charge is 0.330 e. The van der Waals surface area contributed by atoms with E-state index in [-0.39, 0.29) is 11.8 Å². The predicted octanol–water partition coefficient (Wildman–Crippen LogP) is 1.69. The topological polar surface area (TPSA) is 55.1 Å². The highest BCUT2D eigenvalue weighted by atomic mass is 16.2. The third-order valence-electron chi connectivity index (χ3n) is 2.91. The van der Waals surface area contributed by atoms with Crippen molar-refractivity contribution in [2.24, 2.45) is 5.73 Å². The summed E-state index contributed by atoms with van der Waals surface area (Å²) in [7, 11) is 0. The Bertz CT molecular complexity index is 412. The molecule has 0 aliphatic carbocycles. The summed E-state index contributed by atoms with van der Waals surface area (Å²) in [6, 6.07) is 4.17. The molecule has 3 N–H and O–H groups in total. The van der Waals surface area contributed by atoms with E-state index in [0.717, 1.165) is 23.2 Å². The highest BCUT2D eigenvalue weighted by molar-refractivity contribution is 6.03. The van der Waals surface area contributed by atoms with E-state index < -0.39 is 0 Å². The van der Waals surface area contributed by atoms with Crippen LogP contribution in [-0.4, -0.2) is 12.5 Å². The van der Waals surface area contributed by atoms with Gasteiger partial charge in [0.05, 0.1) is 5.92 Å². The first-order valence-corrected chi connectivity index (χ1v) is 5.25. The fourth-order valence-corrected chi connectivity index (χ4v) is 2.25. The Morgan fingerprint density at radius 3 is 2.80 bits per heavy atom. The summed E-state index contributed by atoms with van der Waals surface area (Å²) >= 11 is 0. The maximum absolute atomic E-state index is 11.7. The van der Waals surface area contributed by atoms with Crippen molar-refractivity contribution in [3.05, 3.63) is 28.8 Å². The van der Waals surface area contributed by atoms with E-state index in [4.69, 9.17) is 5.73 Å². The molecule has 1 heterocycles. The number of carbonyl (C=O) groups is 1. The zero-order valence-corrected chi connectivity index (χ0v) is 9.13. The zero-order chi connectivity index (χ0) is 11.0. The van der Waals surface area contributed by atoms with Gasteiger partial charge < -0.3 is 11.1 Å². The lowest BCUT2D eigenvalue weighted by Gasteiger charge is -2.08. The van der Waals surface area contributed by atoms with Crippen LogP contribution in [0, 0.1) is 13.8 Å². The molecule has 0 bridgehead atoms. The van der Waals surface area contributed by atoms with Crippen molar-refractivity contribution in [2.75, 3.05) is 11.9 Å². The number of hydrogen-bond donors (Lipinski definition) is 2. The monoisotopic (exact) mass is 204 g/mol. The molecule has 80 valence electrons. The summed E-state index contributed by atoms with van der Waals surface area (Å²) in [4.78, 5) is 11.7.